The van der Waals surface area contributed by atoms with E-state index in [0.717, 1.165) is 31.1 Å². The summed E-state index contributed by atoms with van der Waals surface area (Å²) in [7, 11) is 0. The highest BCUT2D eigenvalue weighted by molar-refractivity contribution is 5.73. The highest BCUT2D eigenvalue weighted by Gasteiger charge is 2.20. The van der Waals surface area contributed by atoms with Gasteiger partial charge in [0.15, 0.2) is 0 Å². The number of carbonyl (C=O) groups is 1. The number of nitrogens with one attached hydrogen (secondary N) is 2. The van der Waals surface area contributed by atoms with Gasteiger partial charge >= 0.3 is 6.03 Å². The molecular weight excluding hydrogens is 242 g/mol. The van der Waals surface area contributed by atoms with E-state index in [1.54, 1.807) is 12.4 Å². The van der Waals surface area contributed by atoms with Crippen molar-refractivity contribution in [1.82, 2.24) is 15.6 Å². The molecule has 2 N–H and O–H groups in total. The summed E-state index contributed by atoms with van der Waals surface area (Å²) in [6, 6.07) is 3.62. The predicted octanol–water partition coefficient (Wildman–Crippen LogP) is 1.70. The molecule has 5 nitrogen and oxygen atoms in total. The standard InChI is InChI=1S/C14H21N3O2/c18-14(17-10-12-4-7-15-8-5-12)16-6-1-9-19-11-13-2-3-13/h4-5,7-8,13H,1-3,6,9-11H2,(H2,16,17,18). The van der Waals surface area contributed by atoms with Crippen molar-refractivity contribution in [3.63, 3.8) is 0 Å². The van der Waals surface area contributed by atoms with Crippen LogP contribution in [0.3, 0.4) is 0 Å². The number of amides is 2. The summed E-state index contributed by atoms with van der Waals surface area (Å²) in [5.74, 6) is 0.802. The van der Waals surface area contributed by atoms with Crippen LogP contribution in [0.2, 0.25) is 0 Å². The molecule has 0 aromatic carbocycles. The third-order valence-corrected chi connectivity index (χ3v) is 3.00. The monoisotopic (exact) mass is 263 g/mol. The molecule has 5 heteroatoms. The van der Waals surface area contributed by atoms with E-state index < -0.39 is 0 Å². The summed E-state index contributed by atoms with van der Waals surface area (Å²) in [4.78, 5) is 15.4. The van der Waals surface area contributed by atoms with Crippen LogP contribution in [0.15, 0.2) is 24.5 Å². The number of hydrogen-bond donors (Lipinski definition) is 2. The van der Waals surface area contributed by atoms with E-state index in [4.69, 9.17) is 4.74 Å². The van der Waals surface area contributed by atoms with Crippen LogP contribution in [-0.4, -0.2) is 30.8 Å². The zero-order chi connectivity index (χ0) is 13.3. The van der Waals surface area contributed by atoms with E-state index in [0.29, 0.717) is 13.1 Å². The number of ether oxygens (including phenoxy) is 1. The second kappa shape index (κ2) is 7.74. The van der Waals surface area contributed by atoms with Crippen LogP contribution < -0.4 is 10.6 Å². The lowest BCUT2D eigenvalue weighted by molar-refractivity contribution is 0.122. The van der Waals surface area contributed by atoms with Crippen LogP contribution in [-0.2, 0) is 11.3 Å². The minimum Gasteiger partial charge on any atom is -0.381 e. The van der Waals surface area contributed by atoms with Gasteiger partial charge in [-0.05, 0) is 42.9 Å². The summed E-state index contributed by atoms with van der Waals surface area (Å²) >= 11 is 0. The topological polar surface area (TPSA) is 63.2 Å². The summed E-state index contributed by atoms with van der Waals surface area (Å²) < 4.78 is 5.49. The maximum Gasteiger partial charge on any atom is 0.315 e. The molecule has 0 saturated heterocycles. The quantitative estimate of drug-likeness (QED) is 0.702. The number of aromatic nitrogens is 1. The van der Waals surface area contributed by atoms with Crippen molar-refractivity contribution in [3.8, 4) is 0 Å². The average molecular weight is 263 g/mol. The van der Waals surface area contributed by atoms with E-state index in [-0.39, 0.29) is 6.03 Å². The first-order chi connectivity index (χ1) is 9.34. The van der Waals surface area contributed by atoms with E-state index >= 15 is 0 Å². The van der Waals surface area contributed by atoms with Crippen molar-refractivity contribution in [2.45, 2.75) is 25.8 Å². The number of urea groups is 1. The lowest BCUT2D eigenvalue weighted by atomic mass is 10.3. The molecule has 0 bridgehead atoms. The first-order valence-corrected chi connectivity index (χ1v) is 6.83. The van der Waals surface area contributed by atoms with Crippen LogP contribution in [0.5, 0.6) is 0 Å². The average Bonchev–Trinajstić information content (AvgIpc) is 3.26. The van der Waals surface area contributed by atoms with Crippen LogP contribution in [0, 0.1) is 5.92 Å². The van der Waals surface area contributed by atoms with Gasteiger partial charge in [-0.3, -0.25) is 4.98 Å². The fraction of sp³-hybridized carbons (Fsp3) is 0.571. The van der Waals surface area contributed by atoms with Gasteiger partial charge in [-0.25, -0.2) is 4.79 Å². The molecule has 19 heavy (non-hydrogen) atoms. The molecule has 0 atom stereocenters. The normalized spacial score (nSPS) is 14.1. The van der Waals surface area contributed by atoms with Crippen molar-refractivity contribution >= 4 is 6.03 Å². The summed E-state index contributed by atoms with van der Waals surface area (Å²) in [6.07, 6.45) is 6.92. The Morgan fingerprint density at radius 1 is 1.32 bits per heavy atom. The SMILES string of the molecule is O=C(NCCCOCC1CC1)NCc1ccncc1. The first-order valence-electron chi connectivity index (χ1n) is 6.83. The second-order valence-electron chi connectivity index (χ2n) is 4.84. The van der Waals surface area contributed by atoms with Crippen LogP contribution in [0.25, 0.3) is 0 Å². The van der Waals surface area contributed by atoms with E-state index in [2.05, 4.69) is 15.6 Å². The molecule has 0 aliphatic heterocycles. The Labute approximate surface area is 113 Å². The first kappa shape index (κ1) is 13.8. The van der Waals surface area contributed by atoms with Crippen molar-refractivity contribution in [2.75, 3.05) is 19.8 Å². The molecule has 104 valence electrons. The van der Waals surface area contributed by atoms with Gasteiger partial charge in [0.25, 0.3) is 0 Å². The fourth-order valence-electron chi connectivity index (χ4n) is 1.66. The second-order valence-corrected chi connectivity index (χ2v) is 4.84. The highest BCUT2D eigenvalue weighted by Crippen LogP contribution is 2.28. The lowest BCUT2D eigenvalue weighted by Crippen LogP contribution is -2.35. The molecule has 2 rings (SSSR count). The molecule has 1 aliphatic carbocycles. The maximum atomic E-state index is 11.5. The highest BCUT2D eigenvalue weighted by atomic mass is 16.5. The Morgan fingerprint density at radius 2 is 2.11 bits per heavy atom. The zero-order valence-corrected chi connectivity index (χ0v) is 11.1. The van der Waals surface area contributed by atoms with E-state index in [1.807, 2.05) is 12.1 Å². The van der Waals surface area contributed by atoms with Gasteiger partial charge in [-0.15, -0.1) is 0 Å². The summed E-state index contributed by atoms with van der Waals surface area (Å²) in [5.41, 5.74) is 1.04. The van der Waals surface area contributed by atoms with Gasteiger partial charge in [-0.2, -0.15) is 0 Å². The predicted molar refractivity (Wildman–Crippen MR) is 72.6 cm³/mol. The molecule has 1 aromatic heterocycles. The lowest BCUT2D eigenvalue weighted by Gasteiger charge is -2.07. The molecular formula is C14H21N3O2. The Hall–Kier alpha value is -1.62. The Kier molecular flexibility index (Phi) is 5.62. The summed E-state index contributed by atoms with van der Waals surface area (Å²) in [5, 5.41) is 5.61. The van der Waals surface area contributed by atoms with Crippen LogP contribution in [0.1, 0.15) is 24.8 Å². The molecule has 1 saturated carbocycles. The molecule has 1 aromatic rings. The van der Waals surface area contributed by atoms with Gasteiger partial charge in [0.2, 0.25) is 0 Å². The minimum absolute atomic E-state index is 0.140. The van der Waals surface area contributed by atoms with Gasteiger partial charge in [0.1, 0.15) is 0 Å². The maximum absolute atomic E-state index is 11.5. The molecule has 1 fully saturated rings. The number of pyridine rings is 1. The number of rotatable bonds is 8. The van der Waals surface area contributed by atoms with Crippen molar-refractivity contribution in [2.24, 2.45) is 5.92 Å². The van der Waals surface area contributed by atoms with Crippen LogP contribution >= 0.6 is 0 Å². The summed E-state index contributed by atoms with van der Waals surface area (Å²) in [6.45, 7) is 2.77. The van der Waals surface area contributed by atoms with Gasteiger partial charge in [0.05, 0.1) is 0 Å². The molecule has 2 amide bonds. The number of hydrogen-bond acceptors (Lipinski definition) is 3. The van der Waals surface area contributed by atoms with E-state index in [1.165, 1.54) is 12.8 Å². The van der Waals surface area contributed by atoms with Gasteiger partial charge in [0, 0.05) is 38.7 Å². The zero-order valence-electron chi connectivity index (χ0n) is 11.1. The third kappa shape index (κ3) is 6.20. The fourth-order valence-corrected chi connectivity index (χ4v) is 1.66. The number of carbonyl (C=O) groups excluding carboxylic acids is 1. The van der Waals surface area contributed by atoms with Crippen molar-refractivity contribution < 1.29 is 9.53 Å². The molecule has 0 radical (unpaired) electrons. The third-order valence-electron chi connectivity index (χ3n) is 3.00. The smallest absolute Gasteiger partial charge is 0.315 e. The van der Waals surface area contributed by atoms with Crippen molar-refractivity contribution in [3.05, 3.63) is 30.1 Å². The largest absolute Gasteiger partial charge is 0.381 e. The Balaban J connectivity index is 1.45. The molecule has 0 spiro atoms. The van der Waals surface area contributed by atoms with Gasteiger partial charge in [-0.1, -0.05) is 0 Å². The van der Waals surface area contributed by atoms with Gasteiger partial charge < -0.3 is 15.4 Å². The Bertz CT molecular complexity index is 380. The number of nitrogens with zero attached hydrogens (tertiary/aromatic N) is 1. The van der Waals surface area contributed by atoms with Crippen LogP contribution in [0.4, 0.5) is 4.79 Å². The molecule has 1 heterocycles. The van der Waals surface area contributed by atoms with E-state index in [9.17, 15) is 4.79 Å². The minimum atomic E-state index is -0.140. The molecule has 0 unspecified atom stereocenters. The Morgan fingerprint density at radius 3 is 2.84 bits per heavy atom. The molecule has 1 aliphatic rings. The van der Waals surface area contributed by atoms with Crippen molar-refractivity contribution in [1.29, 1.82) is 0 Å².